The van der Waals surface area contributed by atoms with Crippen LogP contribution in [-0.2, 0) is 14.3 Å². The quantitative estimate of drug-likeness (QED) is 0.390. The zero-order chi connectivity index (χ0) is 21.2. The maximum Gasteiger partial charge on any atom is 0.337 e. The third kappa shape index (κ3) is 7.04. The monoisotopic (exact) mass is 415 g/mol. The molecular weight excluding hydrogens is 394 g/mol. The van der Waals surface area contributed by atoms with Gasteiger partial charge >= 0.3 is 5.97 Å². The second-order valence-electron chi connectivity index (χ2n) is 6.22. The summed E-state index contributed by atoms with van der Waals surface area (Å²) < 4.78 is 4.62. The number of esters is 1. The molecule has 0 radical (unpaired) electrons. The van der Waals surface area contributed by atoms with E-state index in [4.69, 9.17) is 11.6 Å². The third-order valence-electron chi connectivity index (χ3n) is 4.08. The fourth-order valence-electron chi connectivity index (χ4n) is 2.42. The molecule has 29 heavy (non-hydrogen) atoms. The number of nitrogens with zero attached hydrogens (tertiary/aromatic N) is 1. The first-order valence-corrected chi connectivity index (χ1v) is 9.33. The van der Waals surface area contributed by atoms with Crippen molar-refractivity contribution in [3.63, 3.8) is 0 Å². The molecule has 2 amide bonds. The van der Waals surface area contributed by atoms with Crippen LogP contribution in [0.5, 0.6) is 0 Å². The lowest BCUT2D eigenvalue weighted by atomic mass is 10.1. The molecule has 0 fully saturated rings. The number of rotatable bonds is 8. The zero-order valence-corrected chi connectivity index (χ0v) is 17.0. The lowest BCUT2D eigenvalue weighted by Gasteiger charge is -2.09. The van der Waals surface area contributed by atoms with Crippen LogP contribution in [0, 0.1) is 6.92 Å². The maximum atomic E-state index is 12.0. The van der Waals surface area contributed by atoms with Gasteiger partial charge < -0.3 is 10.1 Å². The lowest BCUT2D eigenvalue weighted by Crippen LogP contribution is -2.18. The van der Waals surface area contributed by atoms with Crippen LogP contribution in [0.2, 0.25) is 5.02 Å². The van der Waals surface area contributed by atoms with Crippen LogP contribution in [0.4, 0.5) is 5.69 Å². The van der Waals surface area contributed by atoms with E-state index in [2.05, 4.69) is 20.6 Å². The second kappa shape index (κ2) is 11.0. The number of carbonyl (C=O) groups excluding carboxylic acids is 3. The standard InChI is InChI=1S/C21H22ClN3O4/c1-14-17(22)5-3-6-18(14)24-19(26)7-4-8-20(27)25-23-13-15-9-11-16(12-10-15)21(28)29-2/h3,5-6,9-13H,4,7-8H2,1-2H3,(H,24,26)(H,25,27)/b23-13-. The van der Waals surface area contributed by atoms with E-state index >= 15 is 0 Å². The number of hydrogen-bond acceptors (Lipinski definition) is 5. The van der Waals surface area contributed by atoms with Crippen molar-refractivity contribution in [2.75, 3.05) is 12.4 Å². The first kappa shape index (κ1) is 22.1. The fraction of sp³-hybridized carbons (Fsp3) is 0.238. The van der Waals surface area contributed by atoms with E-state index in [1.54, 1.807) is 42.5 Å². The van der Waals surface area contributed by atoms with Crippen molar-refractivity contribution in [2.45, 2.75) is 26.2 Å². The number of amides is 2. The molecule has 0 spiro atoms. The predicted octanol–water partition coefficient (Wildman–Crippen LogP) is 3.69. The van der Waals surface area contributed by atoms with Gasteiger partial charge in [0.2, 0.25) is 11.8 Å². The molecule has 0 unspecified atom stereocenters. The van der Waals surface area contributed by atoms with E-state index in [1.165, 1.54) is 13.3 Å². The Morgan fingerprint density at radius 3 is 2.45 bits per heavy atom. The van der Waals surface area contributed by atoms with Gasteiger partial charge in [-0.2, -0.15) is 5.10 Å². The summed E-state index contributed by atoms with van der Waals surface area (Å²) in [6.07, 6.45) is 2.23. The highest BCUT2D eigenvalue weighted by Gasteiger charge is 2.08. The summed E-state index contributed by atoms with van der Waals surface area (Å²) in [6.45, 7) is 1.83. The molecule has 2 aromatic carbocycles. The van der Waals surface area contributed by atoms with E-state index in [0.717, 1.165) is 5.56 Å². The van der Waals surface area contributed by atoms with Crippen LogP contribution >= 0.6 is 11.6 Å². The molecule has 0 atom stereocenters. The van der Waals surface area contributed by atoms with E-state index in [-0.39, 0.29) is 24.7 Å². The number of nitrogens with one attached hydrogen (secondary N) is 2. The van der Waals surface area contributed by atoms with E-state index < -0.39 is 5.97 Å². The average molecular weight is 416 g/mol. The molecule has 0 aromatic heterocycles. The van der Waals surface area contributed by atoms with Gasteiger partial charge in [0.1, 0.15) is 0 Å². The van der Waals surface area contributed by atoms with Gasteiger partial charge in [-0.25, -0.2) is 10.2 Å². The van der Waals surface area contributed by atoms with Crippen molar-refractivity contribution in [1.82, 2.24) is 5.43 Å². The van der Waals surface area contributed by atoms with Gasteiger partial charge in [-0.05, 0) is 48.7 Å². The summed E-state index contributed by atoms with van der Waals surface area (Å²) in [5.41, 5.74) is 5.02. The Hall–Kier alpha value is -3.19. The minimum absolute atomic E-state index is 0.167. The van der Waals surface area contributed by atoms with Gasteiger partial charge in [0.15, 0.2) is 0 Å². The molecule has 0 saturated heterocycles. The Kier molecular flexibility index (Phi) is 8.36. The number of anilines is 1. The summed E-state index contributed by atoms with van der Waals surface area (Å²) in [5, 5.41) is 7.24. The lowest BCUT2D eigenvalue weighted by molar-refractivity contribution is -0.121. The number of hydrogen-bond donors (Lipinski definition) is 2. The van der Waals surface area contributed by atoms with E-state index in [9.17, 15) is 14.4 Å². The summed E-state index contributed by atoms with van der Waals surface area (Å²) >= 11 is 6.03. The van der Waals surface area contributed by atoms with Crippen LogP contribution < -0.4 is 10.7 Å². The molecule has 2 rings (SSSR count). The highest BCUT2D eigenvalue weighted by atomic mass is 35.5. The zero-order valence-electron chi connectivity index (χ0n) is 16.2. The van der Waals surface area contributed by atoms with Gasteiger partial charge in [-0.1, -0.05) is 29.8 Å². The molecular formula is C21H22ClN3O4. The van der Waals surface area contributed by atoms with Gasteiger partial charge in [0, 0.05) is 23.6 Å². The Balaban J connectivity index is 1.71. The Morgan fingerprint density at radius 1 is 1.07 bits per heavy atom. The fourth-order valence-corrected chi connectivity index (χ4v) is 2.60. The SMILES string of the molecule is COC(=O)c1ccc(/C=N\NC(=O)CCCC(=O)Nc2cccc(Cl)c2C)cc1. The molecule has 0 saturated carbocycles. The molecule has 8 heteroatoms. The first-order chi connectivity index (χ1) is 13.9. The average Bonchev–Trinajstić information content (AvgIpc) is 2.71. The van der Waals surface area contributed by atoms with Crippen molar-refractivity contribution in [1.29, 1.82) is 0 Å². The molecule has 7 nitrogen and oxygen atoms in total. The van der Waals surface area contributed by atoms with Crippen LogP contribution in [0.1, 0.15) is 40.7 Å². The van der Waals surface area contributed by atoms with Gasteiger partial charge in [-0.15, -0.1) is 0 Å². The van der Waals surface area contributed by atoms with Gasteiger partial charge in [0.05, 0.1) is 18.9 Å². The molecule has 2 N–H and O–H groups in total. The summed E-state index contributed by atoms with van der Waals surface area (Å²) in [6, 6.07) is 11.9. The largest absolute Gasteiger partial charge is 0.465 e. The van der Waals surface area contributed by atoms with E-state index in [1.807, 2.05) is 6.92 Å². The number of benzene rings is 2. The van der Waals surface area contributed by atoms with Crippen molar-refractivity contribution in [3.8, 4) is 0 Å². The molecule has 0 heterocycles. The molecule has 0 aliphatic heterocycles. The second-order valence-corrected chi connectivity index (χ2v) is 6.63. The highest BCUT2D eigenvalue weighted by Crippen LogP contribution is 2.23. The minimum atomic E-state index is -0.420. The summed E-state index contributed by atoms with van der Waals surface area (Å²) in [5.74, 6) is -0.895. The first-order valence-electron chi connectivity index (χ1n) is 8.96. The molecule has 2 aromatic rings. The number of ether oxygens (including phenoxy) is 1. The number of hydrazone groups is 1. The minimum Gasteiger partial charge on any atom is -0.465 e. The normalized spacial score (nSPS) is 10.6. The van der Waals surface area contributed by atoms with E-state index in [0.29, 0.717) is 28.3 Å². The summed E-state index contributed by atoms with van der Waals surface area (Å²) in [7, 11) is 1.31. The van der Waals surface area contributed by atoms with Crippen LogP contribution in [0.15, 0.2) is 47.6 Å². The van der Waals surface area contributed by atoms with Crippen LogP contribution in [0.25, 0.3) is 0 Å². The van der Waals surface area contributed by atoms with Crippen molar-refractivity contribution < 1.29 is 19.1 Å². The summed E-state index contributed by atoms with van der Waals surface area (Å²) in [4.78, 5) is 35.2. The predicted molar refractivity (Wildman–Crippen MR) is 112 cm³/mol. The number of carbonyl (C=O) groups is 3. The van der Waals surface area contributed by atoms with Gasteiger partial charge in [-0.3, -0.25) is 9.59 Å². The molecule has 152 valence electrons. The van der Waals surface area contributed by atoms with Crippen molar-refractivity contribution in [3.05, 3.63) is 64.2 Å². The smallest absolute Gasteiger partial charge is 0.337 e. The van der Waals surface area contributed by atoms with Gasteiger partial charge in [0.25, 0.3) is 0 Å². The highest BCUT2D eigenvalue weighted by molar-refractivity contribution is 6.31. The van der Waals surface area contributed by atoms with Crippen molar-refractivity contribution >= 4 is 41.3 Å². The Morgan fingerprint density at radius 2 is 1.76 bits per heavy atom. The number of halogens is 1. The third-order valence-corrected chi connectivity index (χ3v) is 4.49. The topological polar surface area (TPSA) is 96.9 Å². The molecule has 0 aliphatic rings. The Bertz CT molecular complexity index is 911. The maximum absolute atomic E-state index is 12.0. The molecule has 0 bridgehead atoms. The van der Waals surface area contributed by atoms with Crippen molar-refractivity contribution in [2.24, 2.45) is 5.10 Å². The van der Waals surface area contributed by atoms with Crippen LogP contribution in [-0.4, -0.2) is 31.1 Å². The molecule has 0 aliphatic carbocycles. The Labute approximate surface area is 174 Å². The van der Waals surface area contributed by atoms with Crippen LogP contribution in [0.3, 0.4) is 0 Å². The number of methoxy groups -OCH3 is 1.